The van der Waals surface area contributed by atoms with Gasteiger partial charge in [0, 0.05) is 10.6 Å². The Labute approximate surface area is 91.4 Å². The summed E-state index contributed by atoms with van der Waals surface area (Å²) in [6, 6.07) is 8.89. The highest BCUT2D eigenvalue weighted by atomic mass is 32.2. The average molecular weight is 206 g/mol. The van der Waals surface area contributed by atoms with Crippen LogP contribution in [0.15, 0.2) is 41.8 Å². The standard InChI is InChI=1S/C13H18S/c1-3-5-6-12-7-9-13(10-8-12)14-11-4-2/h4,7-10H,2-3,5-6,11H2,1H3. The van der Waals surface area contributed by atoms with Crippen molar-refractivity contribution in [3.8, 4) is 0 Å². The van der Waals surface area contributed by atoms with Crippen LogP contribution in [0.2, 0.25) is 0 Å². The van der Waals surface area contributed by atoms with E-state index in [1.165, 1.54) is 29.7 Å². The lowest BCUT2D eigenvalue weighted by atomic mass is 10.1. The predicted molar refractivity (Wildman–Crippen MR) is 66.0 cm³/mol. The fourth-order valence-corrected chi connectivity index (χ4v) is 1.93. The van der Waals surface area contributed by atoms with E-state index in [1.807, 2.05) is 17.8 Å². The van der Waals surface area contributed by atoms with Gasteiger partial charge in [0.1, 0.15) is 0 Å². The number of hydrogen-bond acceptors (Lipinski definition) is 1. The van der Waals surface area contributed by atoms with E-state index in [0.29, 0.717) is 0 Å². The van der Waals surface area contributed by atoms with E-state index in [4.69, 9.17) is 0 Å². The van der Waals surface area contributed by atoms with Gasteiger partial charge in [-0.25, -0.2) is 0 Å². The number of aryl methyl sites for hydroxylation is 1. The van der Waals surface area contributed by atoms with Gasteiger partial charge in [0.2, 0.25) is 0 Å². The smallest absolute Gasteiger partial charge is 0.0158 e. The summed E-state index contributed by atoms with van der Waals surface area (Å²) in [5, 5.41) is 0. The van der Waals surface area contributed by atoms with Gasteiger partial charge in [-0.05, 0) is 30.5 Å². The molecule has 0 amide bonds. The molecule has 1 rings (SSSR count). The maximum atomic E-state index is 3.71. The van der Waals surface area contributed by atoms with Crippen molar-refractivity contribution in [1.82, 2.24) is 0 Å². The first-order valence-electron chi connectivity index (χ1n) is 5.19. The van der Waals surface area contributed by atoms with E-state index < -0.39 is 0 Å². The number of thioether (sulfide) groups is 1. The average Bonchev–Trinajstić information content (AvgIpc) is 2.25. The summed E-state index contributed by atoms with van der Waals surface area (Å²) in [4.78, 5) is 1.34. The largest absolute Gasteiger partial charge is 0.122 e. The van der Waals surface area contributed by atoms with E-state index in [-0.39, 0.29) is 0 Å². The first-order valence-corrected chi connectivity index (χ1v) is 6.18. The van der Waals surface area contributed by atoms with Crippen LogP contribution in [0.3, 0.4) is 0 Å². The SMILES string of the molecule is C=CCSc1ccc(CCCC)cc1. The second-order valence-electron chi connectivity index (χ2n) is 3.35. The zero-order valence-electron chi connectivity index (χ0n) is 8.83. The van der Waals surface area contributed by atoms with Crippen LogP contribution in [0.1, 0.15) is 25.3 Å². The van der Waals surface area contributed by atoms with Crippen LogP contribution in [-0.2, 0) is 6.42 Å². The predicted octanol–water partition coefficient (Wildman–Crippen LogP) is 4.31. The Morgan fingerprint density at radius 3 is 2.57 bits per heavy atom. The van der Waals surface area contributed by atoms with Gasteiger partial charge in [-0.3, -0.25) is 0 Å². The topological polar surface area (TPSA) is 0 Å². The molecular formula is C13H18S. The Balaban J connectivity index is 2.46. The van der Waals surface area contributed by atoms with Gasteiger partial charge in [0.25, 0.3) is 0 Å². The minimum absolute atomic E-state index is 0.994. The molecule has 0 N–H and O–H groups in total. The summed E-state index contributed by atoms with van der Waals surface area (Å²) in [6.07, 6.45) is 5.71. The zero-order valence-corrected chi connectivity index (χ0v) is 9.65. The summed E-state index contributed by atoms with van der Waals surface area (Å²) < 4.78 is 0. The maximum absolute atomic E-state index is 3.71. The van der Waals surface area contributed by atoms with E-state index in [1.54, 1.807) is 0 Å². The fraction of sp³-hybridized carbons (Fsp3) is 0.385. The van der Waals surface area contributed by atoms with E-state index in [0.717, 1.165) is 5.75 Å². The zero-order chi connectivity index (χ0) is 10.2. The Bertz CT molecular complexity index is 261. The van der Waals surface area contributed by atoms with Crippen LogP contribution >= 0.6 is 11.8 Å². The molecular weight excluding hydrogens is 188 g/mol. The van der Waals surface area contributed by atoms with Crippen molar-refractivity contribution in [3.05, 3.63) is 42.5 Å². The minimum Gasteiger partial charge on any atom is -0.122 e. The van der Waals surface area contributed by atoms with Crippen LogP contribution in [0.4, 0.5) is 0 Å². The molecule has 0 radical (unpaired) electrons. The molecule has 0 spiro atoms. The third-order valence-electron chi connectivity index (χ3n) is 2.11. The van der Waals surface area contributed by atoms with E-state index >= 15 is 0 Å². The molecule has 0 saturated heterocycles. The van der Waals surface area contributed by atoms with E-state index in [2.05, 4.69) is 37.8 Å². The highest BCUT2D eigenvalue weighted by molar-refractivity contribution is 7.99. The molecule has 0 bridgehead atoms. The van der Waals surface area contributed by atoms with Crippen LogP contribution < -0.4 is 0 Å². The number of rotatable bonds is 6. The van der Waals surface area contributed by atoms with Crippen molar-refractivity contribution in [2.45, 2.75) is 31.1 Å². The van der Waals surface area contributed by atoms with Gasteiger partial charge >= 0.3 is 0 Å². The summed E-state index contributed by atoms with van der Waals surface area (Å²) >= 11 is 1.83. The van der Waals surface area contributed by atoms with Crippen LogP contribution in [0.5, 0.6) is 0 Å². The number of benzene rings is 1. The van der Waals surface area contributed by atoms with Crippen molar-refractivity contribution in [3.63, 3.8) is 0 Å². The van der Waals surface area contributed by atoms with Crippen LogP contribution in [0, 0.1) is 0 Å². The van der Waals surface area contributed by atoms with Gasteiger partial charge in [0.15, 0.2) is 0 Å². The van der Waals surface area contributed by atoms with Gasteiger partial charge in [-0.1, -0.05) is 31.6 Å². The van der Waals surface area contributed by atoms with Crippen molar-refractivity contribution >= 4 is 11.8 Å². The fourth-order valence-electron chi connectivity index (χ4n) is 1.29. The van der Waals surface area contributed by atoms with Gasteiger partial charge < -0.3 is 0 Å². The number of unbranched alkanes of at least 4 members (excludes halogenated alkanes) is 1. The molecule has 0 aromatic heterocycles. The molecule has 0 heterocycles. The highest BCUT2D eigenvalue weighted by Crippen LogP contribution is 2.18. The van der Waals surface area contributed by atoms with E-state index in [9.17, 15) is 0 Å². The summed E-state index contributed by atoms with van der Waals surface area (Å²) in [5.74, 6) is 0.994. The molecule has 0 aliphatic rings. The second-order valence-corrected chi connectivity index (χ2v) is 4.44. The highest BCUT2D eigenvalue weighted by Gasteiger charge is 1.94. The van der Waals surface area contributed by atoms with Gasteiger partial charge in [0.05, 0.1) is 0 Å². The molecule has 0 aliphatic heterocycles. The Hall–Kier alpha value is -0.690. The van der Waals surface area contributed by atoms with Gasteiger partial charge in [-0.2, -0.15) is 0 Å². The summed E-state index contributed by atoms with van der Waals surface area (Å²) in [7, 11) is 0. The molecule has 0 aliphatic carbocycles. The maximum Gasteiger partial charge on any atom is 0.0158 e. The van der Waals surface area contributed by atoms with Crippen LogP contribution in [0.25, 0.3) is 0 Å². The van der Waals surface area contributed by atoms with Crippen molar-refractivity contribution in [2.75, 3.05) is 5.75 Å². The molecule has 1 aromatic carbocycles. The monoisotopic (exact) mass is 206 g/mol. The first-order chi connectivity index (χ1) is 6.86. The Morgan fingerprint density at radius 1 is 1.29 bits per heavy atom. The van der Waals surface area contributed by atoms with Gasteiger partial charge in [-0.15, -0.1) is 18.3 Å². The lowest BCUT2D eigenvalue weighted by molar-refractivity contribution is 0.794. The first kappa shape index (κ1) is 11.4. The van der Waals surface area contributed by atoms with Crippen molar-refractivity contribution < 1.29 is 0 Å². The number of hydrogen-bond donors (Lipinski definition) is 0. The molecule has 14 heavy (non-hydrogen) atoms. The third-order valence-corrected chi connectivity index (χ3v) is 3.12. The summed E-state index contributed by atoms with van der Waals surface area (Å²) in [5.41, 5.74) is 1.45. The lowest BCUT2D eigenvalue weighted by Crippen LogP contribution is -1.84. The second kappa shape index (κ2) is 6.72. The molecule has 0 atom stereocenters. The molecule has 76 valence electrons. The normalized spacial score (nSPS) is 10.1. The quantitative estimate of drug-likeness (QED) is 0.494. The molecule has 1 aromatic rings. The molecule has 1 heteroatoms. The third kappa shape index (κ3) is 4.01. The minimum atomic E-state index is 0.994. The summed E-state index contributed by atoms with van der Waals surface area (Å²) in [6.45, 7) is 5.94. The molecule has 0 fully saturated rings. The van der Waals surface area contributed by atoms with Crippen molar-refractivity contribution in [2.24, 2.45) is 0 Å². The molecule has 0 unspecified atom stereocenters. The lowest BCUT2D eigenvalue weighted by Gasteiger charge is -2.02. The Kier molecular flexibility index (Phi) is 5.46. The van der Waals surface area contributed by atoms with Crippen molar-refractivity contribution in [1.29, 1.82) is 0 Å². The van der Waals surface area contributed by atoms with Crippen LogP contribution in [-0.4, -0.2) is 5.75 Å². The Morgan fingerprint density at radius 2 is 2.00 bits per heavy atom. The molecule has 0 saturated carbocycles. The molecule has 0 nitrogen and oxygen atoms in total.